The van der Waals surface area contributed by atoms with Gasteiger partial charge in [-0.1, -0.05) is 0 Å². The standard InChI is InChI=1S/C10H17N5O2/c1-6-8(11)9(14-13-6)10(17)12-5-4-7(16)15(2)3/h4-5,11H2,1-3H3,(H,12,17)(H,13,14). The van der Waals surface area contributed by atoms with E-state index in [2.05, 4.69) is 15.5 Å². The van der Waals surface area contributed by atoms with E-state index in [0.717, 1.165) is 0 Å². The molecule has 0 aromatic carbocycles. The van der Waals surface area contributed by atoms with Gasteiger partial charge in [0.15, 0.2) is 5.69 Å². The minimum Gasteiger partial charge on any atom is -0.395 e. The summed E-state index contributed by atoms with van der Waals surface area (Å²) in [4.78, 5) is 24.4. The summed E-state index contributed by atoms with van der Waals surface area (Å²) in [5.41, 5.74) is 6.81. The second-order valence-electron chi connectivity index (χ2n) is 3.90. The molecule has 0 aliphatic heterocycles. The molecule has 0 saturated heterocycles. The number of rotatable bonds is 4. The van der Waals surface area contributed by atoms with E-state index in [-0.39, 0.29) is 30.5 Å². The maximum Gasteiger partial charge on any atom is 0.273 e. The molecule has 2 amide bonds. The van der Waals surface area contributed by atoms with Crippen LogP contribution in [0.25, 0.3) is 0 Å². The highest BCUT2D eigenvalue weighted by atomic mass is 16.2. The number of carbonyl (C=O) groups excluding carboxylic acids is 2. The fraction of sp³-hybridized carbons (Fsp3) is 0.500. The third kappa shape index (κ3) is 3.20. The zero-order chi connectivity index (χ0) is 13.0. The Morgan fingerprint density at radius 1 is 1.47 bits per heavy atom. The molecule has 0 bridgehead atoms. The van der Waals surface area contributed by atoms with Crippen molar-refractivity contribution in [2.24, 2.45) is 0 Å². The van der Waals surface area contributed by atoms with Crippen LogP contribution >= 0.6 is 0 Å². The second kappa shape index (κ2) is 5.33. The molecule has 0 spiro atoms. The van der Waals surface area contributed by atoms with Crippen LogP contribution in [0.15, 0.2) is 0 Å². The van der Waals surface area contributed by atoms with Gasteiger partial charge in [-0.2, -0.15) is 5.10 Å². The average molecular weight is 239 g/mol. The zero-order valence-corrected chi connectivity index (χ0v) is 10.2. The van der Waals surface area contributed by atoms with Gasteiger partial charge < -0.3 is 16.0 Å². The lowest BCUT2D eigenvalue weighted by Gasteiger charge is -2.10. The minimum atomic E-state index is -0.376. The number of carbonyl (C=O) groups is 2. The van der Waals surface area contributed by atoms with Crippen molar-refractivity contribution in [1.82, 2.24) is 20.4 Å². The first-order chi connectivity index (χ1) is 7.93. The molecule has 7 heteroatoms. The van der Waals surface area contributed by atoms with E-state index < -0.39 is 0 Å². The van der Waals surface area contributed by atoms with Crippen molar-refractivity contribution in [3.63, 3.8) is 0 Å². The highest BCUT2D eigenvalue weighted by molar-refractivity contribution is 5.97. The number of anilines is 1. The molecule has 0 aliphatic carbocycles. The van der Waals surface area contributed by atoms with Gasteiger partial charge in [0.05, 0.1) is 11.4 Å². The van der Waals surface area contributed by atoms with Crippen molar-refractivity contribution >= 4 is 17.5 Å². The van der Waals surface area contributed by atoms with Gasteiger partial charge in [0.2, 0.25) is 5.91 Å². The van der Waals surface area contributed by atoms with Crippen LogP contribution in [0.5, 0.6) is 0 Å². The topological polar surface area (TPSA) is 104 Å². The van der Waals surface area contributed by atoms with Gasteiger partial charge in [0, 0.05) is 27.1 Å². The molecular formula is C10H17N5O2. The molecule has 94 valence electrons. The molecule has 1 aromatic heterocycles. The Bertz CT molecular complexity index is 424. The van der Waals surface area contributed by atoms with Crippen molar-refractivity contribution in [1.29, 1.82) is 0 Å². The fourth-order valence-electron chi connectivity index (χ4n) is 1.20. The first-order valence-corrected chi connectivity index (χ1v) is 5.22. The van der Waals surface area contributed by atoms with Gasteiger partial charge in [-0.15, -0.1) is 0 Å². The lowest BCUT2D eigenvalue weighted by atomic mass is 10.3. The molecule has 0 atom stereocenters. The molecule has 1 aromatic rings. The number of nitrogens with one attached hydrogen (secondary N) is 2. The predicted octanol–water partition coefficient (Wildman–Crippen LogP) is -0.492. The Balaban J connectivity index is 2.46. The third-order valence-corrected chi connectivity index (χ3v) is 2.33. The van der Waals surface area contributed by atoms with Gasteiger partial charge in [-0.25, -0.2) is 0 Å². The number of hydrogen-bond acceptors (Lipinski definition) is 4. The smallest absolute Gasteiger partial charge is 0.273 e. The number of nitrogens with two attached hydrogens (primary N) is 1. The molecule has 1 rings (SSSR count). The van der Waals surface area contributed by atoms with Gasteiger partial charge in [-0.05, 0) is 6.92 Å². The van der Waals surface area contributed by atoms with Crippen LogP contribution in [0, 0.1) is 6.92 Å². The summed E-state index contributed by atoms with van der Waals surface area (Å²) in [6.07, 6.45) is 0.252. The van der Waals surface area contributed by atoms with Gasteiger partial charge in [0.1, 0.15) is 0 Å². The SMILES string of the molecule is Cc1[nH]nc(C(=O)NCCC(=O)N(C)C)c1N. The number of hydrogen-bond donors (Lipinski definition) is 3. The molecule has 0 aliphatic rings. The van der Waals surface area contributed by atoms with E-state index in [1.165, 1.54) is 4.90 Å². The lowest BCUT2D eigenvalue weighted by Crippen LogP contribution is -2.30. The first kappa shape index (κ1) is 13.0. The van der Waals surface area contributed by atoms with Crippen LogP contribution in [-0.2, 0) is 4.79 Å². The number of H-pyrrole nitrogens is 1. The zero-order valence-electron chi connectivity index (χ0n) is 10.2. The van der Waals surface area contributed by atoms with E-state index in [4.69, 9.17) is 5.73 Å². The number of aryl methyl sites for hydroxylation is 1. The summed E-state index contributed by atoms with van der Waals surface area (Å²) in [5.74, 6) is -0.421. The number of nitrogens with zero attached hydrogens (tertiary/aromatic N) is 2. The number of amides is 2. The van der Waals surface area contributed by atoms with Gasteiger partial charge >= 0.3 is 0 Å². The molecule has 4 N–H and O–H groups in total. The normalized spacial score (nSPS) is 10.1. The number of aromatic amines is 1. The van der Waals surface area contributed by atoms with Crippen molar-refractivity contribution in [2.75, 3.05) is 26.4 Å². The van der Waals surface area contributed by atoms with Crippen LogP contribution in [0.4, 0.5) is 5.69 Å². The van der Waals surface area contributed by atoms with Crippen LogP contribution in [0.3, 0.4) is 0 Å². The third-order valence-electron chi connectivity index (χ3n) is 2.33. The summed E-state index contributed by atoms with van der Waals surface area (Å²) < 4.78 is 0. The minimum absolute atomic E-state index is 0.0449. The molecule has 0 fully saturated rings. The van der Waals surface area contributed by atoms with E-state index in [9.17, 15) is 9.59 Å². The van der Waals surface area contributed by atoms with Crippen LogP contribution in [-0.4, -0.2) is 47.6 Å². The van der Waals surface area contributed by atoms with E-state index in [0.29, 0.717) is 11.4 Å². The quantitative estimate of drug-likeness (QED) is 0.659. The maximum absolute atomic E-state index is 11.6. The Morgan fingerprint density at radius 2 is 2.12 bits per heavy atom. The van der Waals surface area contributed by atoms with E-state index >= 15 is 0 Å². The summed E-state index contributed by atoms with van der Waals surface area (Å²) in [6.45, 7) is 2.00. The van der Waals surface area contributed by atoms with Crippen molar-refractivity contribution < 1.29 is 9.59 Å². The molecule has 17 heavy (non-hydrogen) atoms. The number of aromatic nitrogens is 2. The van der Waals surface area contributed by atoms with Crippen molar-refractivity contribution in [3.05, 3.63) is 11.4 Å². The summed E-state index contributed by atoms with van der Waals surface area (Å²) in [7, 11) is 3.33. The van der Waals surface area contributed by atoms with Gasteiger partial charge in [-0.3, -0.25) is 14.7 Å². The molecule has 0 radical (unpaired) electrons. The molecule has 0 saturated carbocycles. The fourth-order valence-corrected chi connectivity index (χ4v) is 1.20. The maximum atomic E-state index is 11.6. The largest absolute Gasteiger partial charge is 0.395 e. The van der Waals surface area contributed by atoms with Crippen molar-refractivity contribution in [3.8, 4) is 0 Å². The highest BCUT2D eigenvalue weighted by Gasteiger charge is 2.15. The Morgan fingerprint density at radius 3 is 2.59 bits per heavy atom. The lowest BCUT2D eigenvalue weighted by molar-refractivity contribution is -0.128. The predicted molar refractivity (Wildman–Crippen MR) is 63.4 cm³/mol. The van der Waals surface area contributed by atoms with Gasteiger partial charge in [0.25, 0.3) is 5.91 Å². The number of nitrogen functional groups attached to an aromatic ring is 1. The Kier molecular flexibility index (Phi) is 4.08. The second-order valence-corrected chi connectivity index (χ2v) is 3.90. The van der Waals surface area contributed by atoms with Crippen LogP contribution in [0.2, 0.25) is 0 Å². The first-order valence-electron chi connectivity index (χ1n) is 5.22. The summed E-state index contributed by atoms with van der Waals surface area (Å²) >= 11 is 0. The average Bonchev–Trinajstić information content (AvgIpc) is 2.59. The monoisotopic (exact) mass is 239 g/mol. The molecule has 0 unspecified atom stereocenters. The molecule has 7 nitrogen and oxygen atoms in total. The summed E-state index contributed by atoms with van der Waals surface area (Å²) in [5, 5.41) is 9.00. The van der Waals surface area contributed by atoms with Crippen molar-refractivity contribution in [2.45, 2.75) is 13.3 Å². The Hall–Kier alpha value is -2.05. The highest BCUT2D eigenvalue weighted by Crippen LogP contribution is 2.11. The van der Waals surface area contributed by atoms with Crippen LogP contribution in [0.1, 0.15) is 22.6 Å². The van der Waals surface area contributed by atoms with E-state index in [1.54, 1.807) is 21.0 Å². The van der Waals surface area contributed by atoms with E-state index in [1.807, 2.05) is 0 Å². The summed E-state index contributed by atoms with van der Waals surface area (Å²) in [6, 6.07) is 0. The molecular weight excluding hydrogens is 222 g/mol. The Labute approximate surface area is 99.4 Å². The molecule has 1 heterocycles. The van der Waals surface area contributed by atoms with Crippen LogP contribution < -0.4 is 11.1 Å².